The van der Waals surface area contributed by atoms with E-state index in [0.717, 1.165) is 0 Å². The molecule has 1 heterocycles. The Hall–Kier alpha value is 0.501. The fourth-order valence-electron chi connectivity index (χ4n) is 0.739. The third-order valence-electron chi connectivity index (χ3n) is 1.41. The van der Waals surface area contributed by atoms with E-state index < -0.39 is 24.6 Å². The van der Waals surface area contributed by atoms with Crippen LogP contribution in [0.4, 0.5) is 21.7 Å². The topological polar surface area (TPSA) is 12.9 Å². The van der Waals surface area contributed by atoms with E-state index in [2.05, 4.69) is 4.98 Å². The standard InChI is InChI=1S/C6H4BF5N.K/c8-6(9)5-2-1-4(3-13-5)7(10,11)12;/h1-3,6H;/q-1;+1. The van der Waals surface area contributed by atoms with Gasteiger partial charge in [-0.05, 0) is 6.07 Å². The quantitative estimate of drug-likeness (QED) is 0.477. The van der Waals surface area contributed by atoms with Gasteiger partial charge in [0.15, 0.2) is 0 Å². The number of alkyl halides is 2. The molecule has 0 aliphatic heterocycles. The number of aromatic nitrogens is 1. The Kier molecular flexibility index (Phi) is 5.75. The van der Waals surface area contributed by atoms with Crippen molar-refractivity contribution in [3.63, 3.8) is 0 Å². The van der Waals surface area contributed by atoms with Gasteiger partial charge in [0.1, 0.15) is 5.69 Å². The van der Waals surface area contributed by atoms with Gasteiger partial charge in [0.2, 0.25) is 0 Å². The van der Waals surface area contributed by atoms with Crippen LogP contribution < -0.4 is 56.8 Å². The van der Waals surface area contributed by atoms with Crippen LogP contribution >= 0.6 is 0 Å². The molecular formula is C6H4BF5KN. The van der Waals surface area contributed by atoms with Crippen LogP contribution in [0.5, 0.6) is 0 Å². The van der Waals surface area contributed by atoms with Gasteiger partial charge in [0, 0.05) is 6.20 Å². The van der Waals surface area contributed by atoms with Gasteiger partial charge in [-0.25, -0.2) is 8.78 Å². The van der Waals surface area contributed by atoms with E-state index in [1.165, 1.54) is 0 Å². The zero-order valence-corrected chi connectivity index (χ0v) is 10.3. The van der Waals surface area contributed by atoms with Gasteiger partial charge in [-0.2, -0.15) is 0 Å². The third kappa shape index (κ3) is 3.93. The van der Waals surface area contributed by atoms with Crippen LogP contribution in [-0.2, 0) is 0 Å². The van der Waals surface area contributed by atoms with Crippen molar-refractivity contribution in [1.29, 1.82) is 0 Å². The molecule has 72 valence electrons. The van der Waals surface area contributed by atoms with E-state index in [-0.39, 0.29) is 51.4 Å². The van der Waals surface area contributed by atoms with Crippen molar-refractivity contribution in [2.75, 3.05) is 0 Å². The first-order valence-corrected chi connectivity index (χ1v) is 3.35. The molecule has 0 aliphatic rings. The number of nitrogens with zero attached hydrogens (tertiary/aromatic N) is 1. The molecular weight excluding hydrogens is 231 g/mol. The van der Waals surface area contributed by atoms with E-state index >= 15 is 0 Å². The molecule has 14 heavy (non-hydrogen) atoms. The zero-order chi connectivity index (χ0) is 10.1. The van der Waals surface area contributed by atoms with Crippen LogP contribution in [0, 0.1) is 0 Å². The van der Waals surface area contributed by atoms with Crippen molar-refractivity contribution < 1.29 is 73.1 Å². The second-order valence-corrected chi connectivity index (χ2v) is 2.39. The van der Waals surface area contributed by atoms with E-state index in [1.807, 2.05) is 0 Å². The van der Waals surface area contributed by atoms with Crippen LogP contribution in [0.3, 0.4) is 0 Å². The summed E-state index contributed by atoms with van der Waals surface area (Å²) in [5, 5.41) is 0. The first-order chi connectivity index (χ1) is 5.91. The molecule has 0 spiro atoms. The smallest absolute Gasteiger partial charge is 0.445 e. The van der Waals surface area contributed by atoms with Crippen LogP contribution in [0.15, 0.2) is 18.3 Å². The molecule has 0 aliphatic carbocycles. The summed E-state index contributed by atoms with van der Waals surface area (Å²) < 4.78 is 59.6. The average Bonchev–Trinajstić information content (AvgIpc) is 2.03. The number of hydrogen-bond donors (Lipinski definition) is 0. The molecule has 0 bridgehead atoms. The molecule has 0 atom stereocenters. The summed E-state index contributed by atoms with van der Waals surface area (Å²) >= 11 is 0. The van der Waals surface area contributed by atoms with Crippen LogP contribution in [0.2, 0.25) is 0 Å². The summed E-state index contributed by atoms with van der Waals surface area (Å²) in [5.74, 6) is 0. The average molecular weight is 235 g/mol. The van der Waals surface area contributed by atoms with Crippen molar-refractivity contribution in [3.05, 3.63) is 24.0 Å². The van der Waals surface area contributed by atoms with E-state index in [4.69, 9.17) is 0 Å². The number of pyridine rings is 1. The molecule has 1 rings (SSSR count). The molecule has 8 heteroatoms. The summed E-state index contributed by atoms with van der Waals surface area (Å²) in [4.78, 5) is 2.99. The Morgan fingerprint density at radius 2 is 1.71 bits per heavy atom. The van der Waals surface area contributed by atoms with Crippen LogP contribution in [-0.4, -0.2) is 12.0 Å². The van der Waals surface area contributed by atoms with Crippen LogP contribution in [0.25, 0.3) is 0 Å². The molecule has 0 radical (unpaired) electrons. The van der Waals surface area contributed by atoms with Crippen molar-refractivity contribution in [2.24, 2.45) is 0 Å². The molecule has 1 aromatic heterocycles. The van der Waals surface area contributed by atoms with Gasteiger partial charge in [-0.1, -0.05) is 11.5 Å². The van der Waals surface area contributed by atoms with E-state index in [1.54, 1.807) is 0 Å². The molecule has 0 saturated carbocycles. The van der Waals surface area contributed by atoms with Gasteiger partial charge in [0.25, 0.3) is 6.43 Å². The molecule has 0 amide bonds. The minimum absolute atomic E-state index is 0. The maximum atomic E-state index is 12.0. The third-order valence-corrected chi connectivity index (χ3v) is 1.41. The maximum absolute atomic E-state index is 12.0. The van der Waals surface area contributed by atoms with Gasteiger partial charge in [0.05, 0.1) is 0 Å². The van der Waals surface area contributed by atoms with E-state index in [0.29, 0.717) is 18.3 Å². The Labute approximate surface area is 120 Å². The molecule has 0 N–H and O–H groups in total. The second kappa shape index (κ2) is 5.55. The fraction of sp³-hybridized carbons (Fsp3) is 0.167. The summed E-state index contributed by atoms with van der Waals surface area (Å²) in [6.07, 6.45) is -2.42. The van der Waals surface area contributed by atoms with Gasteiger partial charge in [-0.3, -0.25) is 4.98 Å². The predicted molar refractivity (Wildman–Crippen MR) is 37.9 cm³/mol. The summed E-state index contributed by atoms with van der Waals surface area (Å²) in [6, 6.07) is 1.28. The Balaban J connectivity index is 0.00000169. The molecule has 1 nitrogen and oxygen atoms in total. The fourth-order valence-corrected chi connectivity index (χ4v) is 0.739. The van der Waals surface area contributed by atoms with Crippen molar-refractivity contribution in [3.8, 4) is 0 Å². The second-order valence-electron chi connectivity index (χ2n) is 2.39. The molecule has 0 fully saturated rings. The Bertz CT molecular complexity index is 285. The maximum Gasteiger partial charge on any atom is 1.00 e. The molecule has 0 saturated heterocycles. The summed E-state index contributed by atoms with van der Waals surface area (Å²) in [7, 11) is 0. The summed E-state index contributed by atoms with van der Waals surface area (Å²) in [5.41, 5.74) is -1.62. The molecule has 1 aromatic rings. The van der Waals surface area contributed by atoms with Crippen LogP contribution in [0.1, 0.15) is 12.1 Å². The first-order valence-electron chi connectivity index (χ1n) is 3.35. The SMILES string of the molecule is FC(F)c1ccc([B-](F)(F)F)cn1.[K+]. The molecule has 0 aromatic carbocycles. The van der Waals surface area contributed by atoms with Gasteiger partial charge >= 0.3 is 58.4 Å². The first kappa shape index (κ1) is 14.5. The minimum atomic E-state index is -5.15. The molecule has 0 unspecified atom stereocenters. The van der Waals surface area contributed by atoms with Crippen molar-refractivity contribution >= 4 is 12.4 Å². The zero-order valence-electron chi connectivity index (χ0n) is 7.22. The van der Waals surface area contributed by atoms with Crippen molar-refractivity contribution in [1.82, 2.24) is 4.98 Å². The number of hydrogen-bond acceptors (Lipinski definition) is 1. The monoisotopic (exact) mass is 235 g/mol. The predicted octanol–water partition coefficient (Wildman–Crippen LogP) is -0.922. The van der Waals surface area contributed by atoms with Gasteiger partial charge in [-0.15, -0.1) is 0 Å². The Morgan fingerprint density at radius 3 is 2.00 bits per heavy atom. The largest absolute Gasteiger partial charge is 1.00 e. The van der Waals surface area contributed by atoms with Gasteiger partial charge < -0.3 is 12.9 Å². The minimum Gasteiger partial charge on any atom is -0.445 e. The van der Waals surface area contributed by atoms with Crippen molar-refractivity contribution in [2.45, 2.75) is 6.43 Å². The Morgan fingerprint density at radius 1 is 1.14 bits per heavy atom. The summed E-state index contributed by atoms with van der Waals surface area (Å²) in [6.45, 7) is -5.15. The normalized spacial score (nSPS) is 11.3. The number of halogens is 5. The van der Waals surface area contributed by atoms with E-state index in [9.17, 15) is 21.7 Å². The number of rotatable bonds is 2.